The Morgan fingerprint density at radius 1 is 1.53 bits per heavy atom. The minimum absolute atomic E-state index is 0.202. The van der Waals surface area contributed by atoms with Crippen molar-refractivity contribution in [3.63, 3.8) is 0 Å². The topological polar surface area (TPSA) is 46.3 Å². The lowest BCUT2D eigenvalue weighted by molar-refractivity contribution is -0.137. The fourth-order valence-electron chi connectivity index (χ4n) is 2.37. The number of nitrogen functional groups attached to an aromatic ring is 1. The van der Waals surface area contributed by atoms with Gasteiger partial charge in [0.25, 0.3) is 0 Å². The predicted molar refractivity (Wildman–Crippen MR) is 82.0 cm³/mol. The fourth-order valence-corrected chi connectivity index (χ4v) is 3.58. The molecule has 0 aliphatic carbocycles. The van der Waals surface area contributed by atoms with Crippen molar-refractivity contribution in [1.29, 1.82) is 0 Å². The number of carbonyl (C=O) groups excluding carboxylic acids is 1. The molecule has 104 valence electrons. The standard InChI is InChI=1S/C15H22N2OS/c1-11(2)17(15(18)13-6-7-19-10-13)9-12-4-3-5-14(16)8-12/h3-5,8,11,13H,6-7,9-10,16H2,1-2H3. The molecule has 19 heavy (non-hydrogen) atoms. The van der Waals surface area contributed by atoms with E-state index in [2.05, 4.69) is 13.8 Å². The predicted octanol–water partition coefficient (Wildman–Crippen LogP) is 2.76. The fraction of sp³-hybridized carbons (Fsp3) is 0.533. The van der Waals surface area contributed by atoms with E-state index in [9.17, 15) is 4.79 Å². The molecule has 1 heterocycles. The van der Waals surface area contributed by atoms with E-state index >= 15 is 0 Å². The van der Waals surface area contributed by atoms with Gasteiger partial charge in [-0.3, -0.25) is 4.79 Å². The Labute approximate surface area is 119 Å². The third-order valence-corrected chi connectivity index (χ3v) is 4.65. The first-order valence-electron chi connectivity index (χ1n) is 6.80. The van der Waals surface area contributed by atoms with Crippen molar-refractivity contribution in [2.24, 2.45) is 5.92 Å². The highest BCUT2D eigenvalue weighted by Crippen LogP contribution is 2.26. The molecule has 1 aliphatic rings. The molecule has 1 unspecified atom stereocenters. The summed E-state index contributed by atoms with van der Waals surface area (Å²) in [5.41, 5.74) is 7.66. The third kappa shape index (κ3) is 3.66. The molecule has 2 rings (SSSR count). The summed E-state index contributed by atoms with van der Waals surface area (Å²) >= 11 is 1.88. The van der Waals surface area contributed by atoms with Gasteiger partial charge >= 0.3 is 0 Å². The second-order valence-electron chi connectivity index (χ2n) is 5.37. The number of benzene rings is 1. The lowest BCUT2D eigenvalue weighted by Crippen LogP contribution is -2.40. The van der Waals surface area contributed by atoms with E-state index in [-0.39, 0.29) is 12.0 Å². The quantitative estimate of drug-likeness (QED) is 0.861. The molecule has 0 radical (unpaired) electrons. The van der Waals surface area contributed by atoms with Crippen LogP contribution in [0.25, 0.3) is 0 Å². The molecule has 1 aromatic rings. The van der Waals surface area contributed by atoms with Gasteiger partial charge in [0, 0.05) is 29.9 Å². The van der Waals surface area contributed by atoms with Crippen molar-refractivity contribution in [2.45, 2.75) is 32.9 Å². The summed E-state index contributed by atoms with van der Waals surface area (Å²) < 4.78 is 0. The van der Waals surface area contributed by atoms with Crippen molar-refractivity contribution in [2.75, 3.05) is 17.2 Å². The Kier molecular flexibility index (Phi) is 4.75. The van der Waals surface area contributed by atoms with Gasteiger partial charge in [-0.1, -0.05) is 12.1 Å². The van der Waals surface area contributed by atoms with Crippen molar-refractivity contribution in [3.05, 3.63) is 29.8 Å². The molecule has 0 bridgehead atoms. The lowest BCUT2D eigenvalue weighted by atomic mass is 10.1. The first kappa shape index (κ1) is 14.3. The van der Waals surface area contributed by atoms with Gasteiger partial charge in [0.05, 0.1) is 0 Å². The average Bonchev–Trinajstić information content (AvgIpc) is 2.88. The third-order valence-electron chi connectivity index (χ3n) is 3.49. The molecule has 0 saturated carbocycles. The van der Waals surface area contributed by atoms with Gasteiger partial charge in [0.2, 0.25) is 5.91 Å². The molecular weight excluding hydrogens is 256 g/mol. The van der Waals surface area contributed by atoms with Crippen molar-refractivity contribution >= 4 is 23.4 Å². The number of nitrogens with two attached hydrogens (primary N) is 1. The van der Waals surface area contributed by atoms with Crippen LogP contribution in [0.5, 0.6) is 0 Å². The number of rotatable bonds is 4. The summed E-state index contributed by atoms with van der Waals surface area (Å²) in [5, 5.41) is 0. The van der Waals surface area contributed by atoms with E-state index in [1.807, 2.05) is 40.9 Å². The SMILES string of the molecule is CC(C)N(Cc1cccc(N)c1)C(=O)C1CCSC1. The first-order valence-corrected chi connectivity index (χ1v) is 7.96. The first-order chi connectivity index (χ1) is 9.08. The van der Waals surface area contributed by atoms with Crippen LogP contribution in [0.15, 0.2) is 24.3 Å². The van der Waals surface area contributed by atoms with E-state index in [1.165, 1.54) is 0 Å². The zero-order valence-corrected chi connectivity index (χ0v) is 12.5. The van der Waals surface area contributed by atoms with Gasteiger partial charge in [-0.25, -0.2) is 0 Å². The van der Waals surface area contributed by atoms with Crippen molar-refractivity contribution in [3.8, 4) is 0 Å². The summed E-state index contributed by atoms with van der Waals surface area (Å²) in [4.78, 5) is 14.5. The number of nitrogens with zero attached hydrogens (tertiary/aromatic N) is 1. The number of anilines is 1. The minimum atomic E-state index is 0.202. The number of thioether (sulfide) groups is 1. The van der Waals surface area contributed by atoms with E-state index in [0.29, 0.717) is 12.5 Å². The summed E-state index contributed by atoms with van der Waals surface area (Å²) in [6, 6.07) is 8.02. The molecule has 1 aliphatic heterocycles. The van der Waals surface area contributed by atoms with Crippen LogP contribution in [0, 0.1) is 5.92 Å². The highest BCUT2D eigenvalue weighted by Gasteiger charge is 2.28. The number of amides is 1. The minimum Gasteiger partial charge on any atom is -0.399 e. The van der Waals surface area contributed by atoms with Crippen LogP contribution in [-0.4, -0.2) is 28.4 Å². The lowest BCUT2D eigenvalue weighted by Gasteiger charge is -2.29. The molecule has 4 heteroatoms. The van der Waals surface area contributed by atoms with Crippen molar-refractivity contribution < 1.29 is 4.79 Å². The monoisotopic (exact) mass is 278 g/mol. The maximum absolute atomic E-state index is 12.6. The molecule has 1 amide bonds. The normalized spacial score (nSPS) is 18.8. The zero-order chi connectivity index (χ0) is 13.8. The van der Waals surface area contributed by atoms with E-state index in [0.717, 1.165) is 29.2 Å². The molecule has 1 atom stereocenters. The van der Waals surface area contributed by atoms with Gasteiger partial charge in [0.15, 0.2) is 0 Å². The Morgan fingerprint density at radius 2 is 2.32 bits per heavy atom. The molecular formula is C15H22N2OS. The maximum Gasteiger partial charge on any atom is 0.227 e. The van der Waals surface area contributed by atoms with Crippen LogP contribution < -0.4 is 5.73 Å². The summed E-state index contributed by atoms with van der Waals surface area (Å²) in [7, 11) is 0. The number of hydrogen-bond acceptors (Lipinski definition) is 3. The van der Waals surface area contributed by atoms with Gasteiger partial charge in [-0.05, 0) is 43.7 Å². The smallest absolute Gasteiger partial charge is 0.227 e. The molecule has 1 saturated heterocycles. The van der Waals surface area contributed by atoms with Crippen LogP contribution >= 0.6 is 11.8 Å². The maximum atomic E-state index is 12.6. The Balaban J connectivity index is 2.09. The largest absolute Gasteiger partial charge is 0.399 e. The molecule has 1 fully saturated rings. The zero-order valence-electron chi connectivity index (χ0n) is 11.6. The summed E-state index contributed by atoms with van der Waals surface area (Å²) in [6.45, 7) is 4.81. The van der Waals surface area contributed by atoms with E-state index < -0.39 is 0 Å². The van der Waals surface area contributed by atoms with Crippen LogP contribution in [0.2, 0.25) is 0 Å². The van der Waals surface area contributed by atoms with E-state index in [1.54, 1.807) is 0 Å². The van der Waals surface area contributed by atoms with Crippen LogP contribution in [0.3, 0.4) is 0 Å². The van der Waals surface area contributed by atoms with Gasteiger partial charge in [0.1, 0.15) is 0 Å². The molecule has 2 N–H and O–H groups in total. The van der Waals surface area contributed by atoms with Crippen molar-refractivity contribution in [1.82, 2.24) is 4.90 Å². The van der Waals surface area contributed by atoms with Gasteiger partial charge < -0.3 is 10.6 Å². The van der Waals surface area contributed by atoms with E-state index in [4.69, 9.17) is 5.73 Å². The number of hydrogen-bond donors (Lipinski definition) is 1. The summed E-state index contributed by atoms with van der Waals surface area (Å²) in [6.07, 6.45) is 1.02. The molecule has 1 aromatic carbocycles. The average molecular weight is 278 g/mol. The number of carbonyl (C=O) groups is 1. The Hall–Kier alpha value is -1.16. The summed E-state index contributed by atoms with van der Waals surface area (Å²) in [5.74, 6) is 2.58. The highest BCUT2D eigenvalue weighted by atomic mass is 32.2. The van der Waals surface area contributed by atoms with Crippen LogP contribution in [-0.2, 0) is 11.3 Å². The van der Waals surface area contributed by atoms with Gasteiger partial charge in [-0.2, -0.15) is 11.8 Å². The Morgan fingerprint density at radius 3 is 2.89 bits per heavy atom. The second kappa shape index (κ2) is 6.33. The highest BCUT2D eigenvalue weighted by molar-refractivity contribution is 7.99. The molecule has 0 spiro atoms. The molecule has 3 nitrogen and oxygen atoms in total. The van der Waals surface area contributed by atoms with Gasteiger partial charge in [-0.15, -0.1) is 0 Å². The second-order valence-corrected chi connectivity index (χ2v) is 6.52. The van der Waals surface area contributed by atoms with Crippen LogP contribution in [0.1, 0.15) is 25.8 Å². The molecule has 0 aromatic heterocycles. The van der Waals surface area contributed by atoms with Crippen LogP contribution in [0.4, 0.5) is 5.69 Å². The Bertz CT molecular complexity index is 442.